The predicted molar refractivity (Wildman–Crippen MR) is 80.0 cm³/mol. The first-order valence-electron chi connectivity index (χ1n) is 7.78. The number of nitrogens with one attached hydrogen (secondary N) is 1. The summed E-state index contributed by atoms with van der Waals surface area (Å²) in [6, 6.07) is 2.26. The number of carbonyl (C=O) groups is 3. The lowest BCUT2D eigenvalue weighted by Gasteiger charge is -2.36. The van der Waals surface area contributed by atoms with E-state index in [1.165, 1.54) is 4.90 Å². The summed E-state index contributed by atoms with van der Waals surface area (Å²) < 4.78 is 26.9. The number of hydrogen-bond donors (Lipinski definition) is 1. The summed E-state index contributed by atoms with van der Waals surface area (Å²) in [6.07, 6.45) is 0.818. The normalized spacial score (nSPS) is 20.9. The number of benzene rings is 1. The van der Waals surface area contributed by atoms with Crippen molar-refractivity contribution in [2.75, 3.05) is 26.2 Å². The Bertz CT molecular complexity index is 687. The van der Waals surface area contributed by atoms with Gasteiger partial charge in [-0.1, -0.05) is 0 Å². The zero-order valence-corrected chi connectivity index (χ0v) is 12.9. The number of hydrogen-bond acceptors (Lipinski definition) is 3. The van der Waals surface area contributed by atoms with Crippen LogP contribution in [0.4, 0.5) is 8.78 Å². The molecule has 0 saturated carbocycles. The molecule has 2 heterocycles. The van der Waals surface area contributed by atoms with Gasteiger partial charge in [-0.15, -0.1) is 0 Å². The topological polar surface area (TPSA) is 69.7 Å². The van der Waals surface area contributed by atoms with Gasteiger partial charge in [-0.05, 0) is 24.6 Å². The van der Waals surface area contributed by atoms with Gasteiger partial charge in [-0.3, -0.25) is 14.4 Å². The Labute approximate surface area is 137 Å². The molecule has 0 bridgehead atoms. The van der Waals surface area contributed by atoms with Gasteiger partial charge >= 0.3 is 0 Å². The Morgan fingerprint density at radius 2 is 1.75 bits per heavy atom. The van der Waals surface area contributed by atoms with Gasteiger partial charge in [0.05, 0.1) is 5.56 Å². The number of rotatable bonds is 2. The molecule has 1 aromatic rings. The first kappa shape index (κ1) is 16.4. The van der Waals surface area contributed by atoms with Gasteiger partial charge in [0.15, 0.2) is 0 Å². The predicted octanol–water partition coefficient (Wildman–Crippen LogP) is 0.528. The molecule has 1 N–H and O–H groups in total. The van der Waals surface area contributed by atoms with Crippen LogP contribution < -0.4 is 5.32 Å². The van der Waals surface area contributed by atoms with E-state index in [9.17, 15) is 23.2 Å². The molecule has 1 aromatic carbocycles. The van der Waals surface area contributed by atoms with Gasteiger partial charge in [-0.2, -0.15) is 0 Å². The minimum atomic E-state index is -0.770. The van der Waals surface area contributed by atoms with E-state index in [1.807, 2.05) is 0 Å². The average Bonchev–Trinajstić information content (AvgIpc) is 3.02. The van der Waals surface area contributed by atoms with Gasteiger partial charge in [0.25, 0.3) is 5.91 Å². The van der Waals surface area contributed by atoms with Gasteiger partial charge in [0.1, 0.15) is 17.7 Å². The van der Waals surface area contributed by atoms with Crippen LogP contribution in [-0.2, 0) is 9.59 Å². The maximum atomic E-state index is 13.7. The average molecular weight is 337 g/mol. The summed E-state index contributed by atoms with van der Waals surface area (Å²) >= 11 is 0. The van der Waals surface area contributed by atoms with Crippen molar-refractivity contribution in [2.24, 2.45) is 0 Å². The van der Waals surface area contributed by atoms with Crippen LogP contribution >= 0.6 is 0 Å². The van der Waals surface area contributed by atoms with Crippen molar-refractivity contribution in [1.82, 2.24) is 15.1 Å². The fourth-order valence-electron chi connectivity index (χ4n) is 2.98. The van der Waals surface area contributed by atoms with Crippen LogP contribution in [0.25, 0.3) is 0 Å². The summed E-state index contributed by atoms with van der Waals surface area (Å²) in [5, 5.41) is 2.62. The number of nitrogens with zero attached hydrogens (tertiary/aromatic N) is 2. The molecule has 0 spiro atoms. The van der Waals surface area contributed by atoms with Gasteiger partial charge in [0.2, 0.25) is 11.8 Å². The molecule has 2 fully saturated rings. The molecule has 1 unspecified atom stereocenters. The molecule has 6 nitrogen and oxygen atoms in total. The highest BCUT2D eigenvalue weighted by molar-refractivity contribution is 5.95. The fourth-order valence-corrected chi connectivity index (χ4v) is 2.98. The van der Waals surface area contributed by atoms with Gasteiger partial charge in [0, 0.05) is 32.6 Å². The van der Waals surface area contributed by atoms with Crippen LogP contribution in [0.1, 0.15) is 23.2 Å². The molecule has 0 aromatic heterocycles. The maximum absolute atomic E-state index is 13.7. The van der Waals surface area contributed by atoms with Crippen LogP contribution in [0.5, 0.6) is 0 Å². The molecule has 0 radical (unpaired) electrons. The molecule has 24 heavy (non-hydrogen) atoms. The summed E-state index contributed by atoms with van der Waals surface area (Å²) in [6.45, 7) is 1.07. The SMILES string of the molecule is O=C1CCC(C(=O)N2CCN(C(=O)c3cc(F)ccc3F)CC2)N1. The van der Waals surface area contributed by atoms with E-state index in [1.54, 1.807) is 4.90 Å². The lowest BCUT2D eigenvalue weighted by atomic mass is 10.1. The van der Waals surface area contributed by atoms with E-state index in [4.69, 9.17) is 0 Å². The summed E-state index contributed by atoms with van der Waals surface area (Å²) in [4.78, 5) is 38.8. The van der Waals surface area contributed by atoms with Crippen LogP contribution in [0.2, 0.25) is 0 Å². The van der Waals surface area contributed by atoms with Crippen molar-refractivity contribution in [3.63, 3.8) is 0 Å². The number of amides is 3. The Balaban J connectivity index is 1.60. The zero-order chi connectivity index (χ0) is 17.3. The monoisotopic (exact) mass is 337 g/mol. The third-order valence-electron chi connectivity index (χ3n) is 4.33. The molecule has 128 valence electrons. The van der Waals surface area contributed by atoms with E-state index in [0.29, 0.717) is 25.9 Å². The van der Waals surface area contributed by atoms with Crippen molar-refractivity contribution >= 4 is 17.7 Å². The highest BCUT2D eigenvalue weighted by Crippen LogP contribution is 2.16. The quantitative estimate of drug-likeness (QED) is 0.856. The Morgan fingerprint density at radius 3 is 2.38 bits per heavy atom. The fraction of sp³-hybridized carbons (Fsp3) is 0.438. The smallest absolute Gasteiger partial charge is 0.257 e. The number of halogens is 2. The second-order valence-electron chi connectivity index (χ2n) is 5.90. The van der Waals surface area contributed by atoms with Gasteiger partial charge in [-0.25, -0.2) is 8.78 Å². The van der Waals surface area contributed by atoms with Crippen molar-refractivity contribution in [2.45, 2.75) is 18.9 Å². The van der Waals surface area contributed by atoms with Crippen LogP contribution in [0.3, 0.4) is 0 Å². The van der Waals surface area contributed by atoms with E-state index in [0.717, 1.165) is 18.2 Å². The first-order valence-corrected chi connectivity index (χ1v) is 7.78. The molecular formula is C16H17F2N3O3. The van der Waals surface area contributed by atoms with Crippen molar-refractivity contribution in [1.29, 1.82) is 0 Å². The highest BCUT2D eigenvalue weighted by Gasteiger charge is 2.33. The molecule has 0 aliphatic carbocycles. The third kappa shape index (κ3) is 3.22. The van der Waals surface area contributed by atoms with Crippen molar-refractivity contribution in [3.05, 3.63) is 35.4 Å². The van der Waals surface area contributed by atoms with Crippen LogP contribution in [0, 0.1) is 11.6 Å². The van der Waals surface area contributed by atoms with E-state index < -0.39 is 23.6 Å². The van der Waals surface area contributed by atoms with Crippen molar-refractivity contribution < 1.29 is 23.2 Å². The maximum Gasteiger partial charge on any atom is 0.257 e. The zero-order valence-electron chi connectivity index (χ0n) is 12.9. The van der Waals surface area contributed by atoms with E-state index in [-0.39, 0.29) is 30.5 Å². The number of carbonyl (C=O) groups excluding carboxylic acids is 3. The largest absolute Gasteiger partial charge is 0.344 e. The van der Waals surface area contributed by atoms with E-state index >= 15 is 0 Å². The highest BCUT2D eigenvalue weighted by atomic mass is 19.1. The summed E-state index contributed by atoms with van der Waals surface area (Å²) in [5.74, 6) is -2.33. The summed E-state index contributed by atoms with van der Waals surface area (Å²) in [5.41, 5.74) is -0.308. The molecule has 8 heteroatoms. The van der Waals surface area contributed by atoms with Crippen LogP contribution in [0.15, 0.2) is 18.2 Å². The third-order valence-corrected chi connectivity index (χ3v) is 4.33. The first-order chi connectivity index (χ1) is 11.5. The minimum Gasteiger partial charge on any atom is -0.344 e. The molecule has 2 saturated heterocycles. The molecular weight excluding hydrogens is 320 g/mol. The number of piperazine rings is 1. The molecule has 3 rings (SSSR count). The summed E-state index contributed by atoms with van der Waals surface area (Å²) in [7, 11) is 0. The molecule has 3 amide bonds. The molecule has 1 atom stereocenters. The van der Waals surface area contributed by atoms with Crippen molar-refractivity contribution in [3.8, 4) is 0 Å². The Hall–Kier alpha value is -2.51. The Kier molecular flexibility index (Phi) is 4.46. The Morgan fingerprint density at radius 1 is 1.08 bits per heavy atom. The lowest BCUT2D eigenvalue weighted by molar-refractivity contribution is -0.135. The standard InChI is InChI=1S/C16H17F2N3O3/c17-10-1-2-12(18)11(9-10)15(23)20-5-7-21(8-6-20)16(24)13-3-4-14(22)19-13/h1-2,9,13H,3-8H2,(H,19,22). The second-order valence-corrected chi connectivity index (χ2v) is 5.90. The van der Waals surface area contributed by atoms with Crippen LogP contribution in [-0.4, -0.2) is 59.7 Å². The molecule has 2 aliphatic heterocycles. The lowest BCUT2D eigenvalue weighted by Crippen LogP contribution is -2.54. The van der Waals surface area contributed by atoms with Gasteiger partial charge < -0.3 is 15.1 Å². The molecule has 2 aliphatic rings. The minimum absolute atomic E-state index is 0.135. The second kappa shape index (κ2) is 6.54. The van der Waals surface area contributed by atoms with E-state index in [2.05, 4.69) is 5.32 Å².